The van der Waals surface area contributed by atoms with E-state index in [4.69, 9.17) is 0 Å². The molecule has 0 bridgehead atoms. The number of fused-ring (bicyclic) bond motifs is 1. The second-order valence-electron chi connectivity index (χ2n) is 8.26. The predicted octanol–water partition coefficient (Wildman–Crippen LogP) is 3.45. The van der Waals surface area contributed by atoms with Crippen molar-refractivity contribution in [2.45, 2.75) is 57.0 Å². The molecule has 0 radical (unpaired) electrons. The minimum absolute atomic E-state index is 0.137. The lowest BCUT2D eigenvalue weighted by atomic mass is 9.90. The minimum atomic E-state index is -1.18. The van der Waals surface area contributed by atoms with Gasteiger partial charge < -0.3 is 10.6 Å². The number of hydrogen-bond donors (Lipinski definition) is 2. The Balaban J connectivity index is 1.49. The van der Waals surface area contributed by atoms with Crippen LogP contribution in [0.4, 0.5) is 4.79 Å². The fourth-order valence-corrected chi connectivity index (χ4v) is 4.38. The lowest BCUT2D eigenvalue weighted by Crippen LogP contribution is -2.45. The highest BCUT2D eigenvalue weighted by Gasteiger charge is 2.49. The zero-order valence-electron chi connectivity index (χ0n) is 16.7. The normalized spacial score (nSPS) is 23.1. The van der Waals surface area contributed by atoms with Gasteiger partial charge in [-0.05, 0) is 42.2 Å². The molecule has 152 valence electrons. The van der Waals surface area contributed by atoms with E-state index in [2.05, 4.69) is 10.6 Å². The van der Waals surface area contributed by atoms with Gasteiger partial charge in [-0.15, -0.1) is 0 Å². The number of benzene rings is 2. The average molecular weight is 393 g/mol. The molecule has 6 heteroatoms. The van der Waals surface area contributed by atoms with Crippen molar-refractivity contribution >= 4 is 28.6 Å². The number of nitrogens with one attached hydrogen (secondary N) is 2. The molecule has 0 aromatic heterocycles. The molecular weight excluding hydrogens is 366 g/mol. The first-order chi connectivity index (χ1) is 14.0. The Kier molecular flexibility index (Phi) is 5.26. The van der Waals surface area contributed by atoms with Crippen molar-refractivity contribution in [3.05, 3.63) is 48.0 Å². The van der Waals surface area contributed by atoms with Crippen LogP contribution >= 0.6 is 0 Å². The number of rotatable bonds is 4. The van der Waals surface area contributed by atoms with E-state index in [-0.39, 0.29) is 18.5 Å². The summed E-state index contributed by atoms with van der Waals surface area (Å²) in [5.41, 5.74) is -0.467. The molecule has 1 atom stereocenters. The Morgan fingerprint density at radius 1 is 1.07 bits per heavy atom. The number of carbonyl (C=O) groups is 3. The van der Waals surface area contributed by atoms with Gasteiger partial charge in [-0.2, -0.15) is 0 Å². The zero-order chi connectivity index (χ0) is 20.4. The second-order valence-corrected chi connectivity index (χ2v) is 8.26. The molecule has 2 aromatic carbocycles. The molecule has 4 rings (SSSR count). The SMILES string of the molecule is CC1(c2ccc3ccccc3c2)NC(=O)N(CC(=O)NC2CCCCCC2)C1=O. The summed E-state index contributed by atoms with van der Waals surface area (Å²) in [6.07, 6.45) is 6.52. The molecule has 1 heterocycles. The highest BCUT2D eigenvalue weighted by molar-refractivity contribution is 6.09. The third-order valence-electron chi connectivity index (χ3n) is 6.12. The molecule has 6 nitrogen and oxygen atoms in total. The molecular formula is C23H27N3O3. The molecule has 1 saturated carbocycles. The Morgan fingerprint density at radius 3 is 2.48 bits per heavy atom. The van der Waals surface area contributed by atoms with Crippen LogP contribution in [0.1, 0.15) is 51.0 Å². The van der Waals surface area contributed by atoms with Gasteiger partial charge in [0.1, 0.15) is 12.1 Å². The van der Waals surface area contributed by atoms with Crippen LogP contribution in [0.25, 0.3) is 10.8 Å². The number of urea groups is 1. The lowest BCUT2D eigenvalue weighted by molar-refractivity contribution is -0.135. The maximum Gasteiger partial charge on any atom is 0.325 e. The zero-order valence-corrected chi connectivity index (χ0v) is 16.7. The molecule has 2 aliphatic rings. The molecule has 1 aliphatic heterocycles. The first-order valence-corrected chi connectivity index (χ1v) is 10.4. The van der Waals surface area contributed by atoms with Gasteiger partial charge in [0, 0.05) is 6.04 Å². The van der Waals surface area contributed by atoms with Gasteiger partial charge in [-0.3, -0.25) is 14.5 Å². The van der Waals surface area contributed by atoms with Gasteiger partial charge in [0.05, 0.1) is 0 Å². The van der Waals surface area contributed by atoms with Crippen molar-refractivity contribution in [2.75, 3.05) is 6.54 Å². The highest BCUT2D eigenvalue weighted by atomic mass is 16.2. The van der Waals surface area contributed by atoms with Gasteiger partial charge in [0.2, 0.25) is 5.91 Å². The number of amides is 4. The van der Waals surface area contributed by atoms with Crippen molar-refractivity contribution in [1.82, 2.24) is 15.5 Å². The Hall–Kier alpha value is -2.89. The molecule has 1 saturated heterocycles. The van der Waals surface area contributed by atoms with Crippen molar-refractivity contribution in [2.24, 2.45) is 0 Å². The van der Waals surface area contributed by atoms with Crippen LogP contribution in [-0.2, 0) is 15.1 Å². The van der Waals surface area contributed by atoms with E-state index < -0.39 is 17.5 Å². The Bertz CT molecular complexity index is 949. The monoisotopic (exact) mass is 393 g/mol. The van der Waals surface area contributed by atoms with Gasteiger partial charge in [-0.1, -0.05) is 62.1 Å². The maximum atomic E-state index is 13.1. The molecule has 2 aromatic rings. The summed E-state index contributed by atoms with van der Waals surface area (Å²) >= 11 is 0. The fourth-order valence-electron chi connectivity index (χ4n) is 4.38. The molecule has 2 fully saturated rings. The van der Waals surface area contributed by atoms with Crippen LogP contribution in [-0.4, -0.2) is 35.3 Å². The summed E-state index contributed by atoms with van der Waals surface area (Å²) in [6.45, 7) is 1.45. The number of hydrogen-bond acceptors (Lipinski definition) is 3. The minimum Gasteiger partial charge on any atom is -0.352 e. The van der Waals surface area contributed by atoms with Gasteiger partial charge in [0.15, 0.2) is 0 Å². The van der Waals surface area contributed by atoms with E-state index in [1.54, 1.807) is 6.92 Å². The third kappa shape index (κ3) is 3.84. The lowest BCUT2D eigenvalue weighted by Gasteiger charge is -2.23. The molecule has 1 unspecified atom stereocenters. The van der Waals surface area contributed by atoms with E-state index in [0.29, 0.717) is 5.56 Å². The molecule has 4 amide bonds. The Labute approximate surface area is 170 Å². The number of nitrogens with zero attached hydrogens (tertiary/aromatic N) is 1. The van der Waals surface area contributed by atoms with Crippen molar-refractivity contribution < 1.29 is 14.4 Å². The molecule has 0 spiro atoms. The summed E-state index contributed by atoms with van der Waals surface area (Å²) in [5, 5.41) is 7.86. The predicted molar refractivity (Wildman–Crippen MR) is 111 cm³/mol. The van der Waals surface area contributed by atoms with E-state index >= 15 is 0 Å². The molecule has 29 heavy (non-hydrogen) atoms. The quantitative estimate of drug-likeness (QED) is 0.617. The summed E-state index contributed by atoms with van der Waals surface area (Å²) in [4.78, 5) is 39.2. The van der Waals surface area contributed by atoms with Crippen LogP contribution < -0.4 is 10.6 Å². The summed E-state index contributed by atoms with van der Waals surface area (Å²) in [5.74, 6) is -0.669. The summed E-state index contributed by atoms with van der Waals surface area (Å²) < 4.78 is 0. The topological polar surface area (TPSA) is 78.5 Å². The van der Waals surface area contributed by atoms with Crippen LogP contribution in [0.2, 0.25) is 0 Å². The van der Waals surface area contributed by atoms with Crippen molar-refractivity contribution in [3.63, 3.8) is 0 Å². The smallest absolute Gasteiger partial charge is 0.325 e. The third-order valence-corrected chi connectivity index (χ3v) is 6.12. The van der Waals surface area contributed by atoms with Crippen molar-refractivity contribution in [3.8, 4) is 0 Å². The first kappa shape index (κ1) is 19.4. The fraction of sp³-hybridized carbons (Fsp3) is 0.435. The van der Waals surface area contributed by atoms with Crippen LogP contribution in [0.5, 0.6) is 0 Å². The molecule has 2 N–H and O–H groups in total. The number of imide groups is 1. The largest absolute Gasteiger partial charge is 0.352 e. The van der Waals surface area contributed by atoms with E-state index in [1.807, 2.05) is 42.5 Å². The van der Waals surface area contributed by atoms with Crippen LogP contribution in [0.15, 0.2) is 42.5 Å². The van der Waals surface area contributed by atoms with Gasteiger partial charge in [-0.25, -0.2) is 4.79 Å². The van der Waals surface area contributed by atoms with Crippen molar-refractivity contribution in [1.29, 1.82) is 0 Å². The second kappa shape index (κ2) is 7.85. The molecule has 1 aliphatic carbocycles. The van der Waals surface area contributed by atoms with Crippen LogP contribution in [0.3, 0.4) is 0 Å². The van der Waals surface area contributed by atoms with Gasteiger partial charge >= 0.3 is 6.03 Å². The maximum absolute atomic E-state index is 13.1. The average Bonchev–Trinajstić information content (AvgIpc) is 2.90. The Morgan fingerprint density at radius 2 is 1.76 bits per heavy atom. The number of carbonyl (C=O) groups excluding carboxylic acids is 3. The highest BCUT2D eigenvalue weighted by Crippen LogP contribution is 2.31. The van der Waals surface area contributed by atoms with E-state index in [9.17, 15) is 14.4 Å². The first-order valence-electron chi connectivity index (χ1n) is 10.4. The van der Waals surface area contributed by atoms with Gasteiger partial charge in [0.25, 0.3) is 5.91 Å². The standard InChI is InChI=1S/C23H27N3O3/c1-23(18-13-12-16-8-6-7-9-17(16)14-18)21(28)26(22(29)25-23)15-20(27)24-19-10-4-2-3-5-11-19/h6-9,12-14,19H,2-5,10-11,15H2,1H3,(H,24,27)(H,25,29). The van der Waals surface area contributed by atoms with E-state index in [0.717, 1.165) is 41.4 Å². The van der Waals surface area contributed by atoms with E-state index in [1.165, 1.54) is 12.8 Å². The summed E-state index contributed by atoms with van der Waals surface area (Å²) in [6, 6.07) is 13.2. The van der Waals surface area contributed by atoms with Crippen LogP contribution in [0, 0.1) is 0 Å². The summed E-state index contributed by atoms with van der Waals surface area (Å²) in [7, 11) is 0.